The Morgan fingerprint density at radius 3 is 2.43 bits per heavy atom. The number of fused-ring (bicyclic) bond motifs is 1. The van der Waals surface area contributed by atoms with Crippen LogP contribution in [0, 0.1) is 5.82 Å². The third-order valence-electron chi connectivity index (χ3n) is 8.06. The monoisotopic (exact) mass is 685 g/mol. The van der Waals surface area contributed by atoms with Gasteiger partial charge in [0, 0.05) is 12.0 Å². The Morgan fingerprint density at radius 1 is 1.02 bits per heavy atom. The summed E-state index contributed by atoms with van der Waals surface area (Å²) in [6.45, 7) is 3.14. The lowest BCUT2D eigenvalue weighted by Gasteiger charge is -2.41. The van der Waals surface area contributed by atoms with Crippen LogP contribution in [0.5, 0.6) is 17.2 Å². The minimum atomic E-state index is -1.49. The summed E-state index contributed by atoms with van der Waals surface area (Å²) >= 11 is 11.8. The van der Waals surface area contributed by atoms with E-state index in [1.807, 2.05) is 0 Å². The van der Waals surface area contributed by atoms with Crippen molar-refractivity contribution in [2.45, 2.75) is 75.3 Å². The highest BCUT2D eigenvalue weighted by atomic mass is 35.5. The van der Waals surface area contributed by atoms with E-state index in [1.165, 1.54) is 31.2 Å². The molecule has 0 unspecified atom stereocenters. The van der Waals surface area contributed by atoms with E-state index >= 15 is 0 Å². The summed E-state index contributed by atoms with van der Waals surface area (Å²) in [6.07, 6.45) is -5.21. The summed E-state index contributed by atoms with van der Waals surface area (Å²) < 4.78 is 41.2. The molecule has 0 radical (unpaired) electrons. The number of aliphatic hydroxyl groups excluding tert-OH is 4. The molecule has 9 atom stereocenters. The SMILES string of the molecule is C/C(=C\c1ccc(O[C@H]2C[C@H](O)[C@@H](/C(C)=C/COc3ccc(F)c(Cl)c3Cl)O2)c(O)c1)C(=O)N[C@@H]1[C@H](O)[C@@H](O)[C@H]2OCO[C@H]2[C@@H]1O. The van der Waals surface area contributed by atoms with Gasteiger partial charge < -0.3 is 54.5 Å². The smallest absolute Gasteiger partial charge is 0.247 e. The number of rotatable bonds is 9. The van der Waals surface area contributed by atoms with E-state index in [9.17, 15) is 34.7 Å². The number of phenolic OH excluding ortho intramolecular Hbond substituents is 1. The number of phenols is 1. The average Bonchev–Trinajstić information content (AvgIpc) is 3.66. The van der Waals surface area contributed by atoms with Gasteiger partial charge in [-0.05, 0) is 61.4 Å². The molecule has 3 aliphatic rings. The van der Waals surface area contributed by atoms with Gasteiger partial charge in [-0.2, -0.15) is 0 Å². The van der Waals surface area contributed by atoms with Gasteiger partial charge in [0.05, 0.1) is 17.2 Å². The Bertz CT molecular complexity index is 1510. The summed E-state index contributed by atoms with van der Waals surface area (Å²) in [6, 6.07) is 5.73. The number of hydrogen-bond donors (Lipinski definition) is 6. The fourth-order valence-corrected chi connectivity index (χ4v) is 5.88. The highest BCUT2D eigenvalue weighted by Crippen LogP contribution is 2.35. The number of benzene rings is 2. The van der Waals surface area contributed by atoms with Gasteiger partial charge in [0.2, 0.25) is 12.2 Å². The highest BCUT2D eigenvalue weighted by molar-refractivity contribution is 6.43. The van der Waals surface area contributed by atoms with Crippen LogP contribution in [-0.4, -0.2) is 99.9 Å². The molecule has 0 spiro atoms. The number of halogens is 3. The lowest BCUT2D eigenvalue weighted by atomic mass is 9.83. The topological polar surface area (TPSA) is 176 Å². The number of aliphatic hydroxyl groups is 4. The van der Waals surface area contributed by atoms with Gasteiger partial charge in [0.15, 0.2) is 11.5 Å². The zero-order valence-electron chi connectivity index (χ0n) is 24.7. The van der Waals surface area contributed by atoms with E-state index in [4.69, 9.17) is 46.9 Å². The molecule has 2 saturated heterocycles. The zero-order chi connectivity index (χ0) is 33.3. The summed E-state index contributed by atoms with van der Waals surface area (Å²) in [7, 11) is 0. The van der Waals surface area contributed by atoms with Gasteiger partial charge in [-0.25, -0.2) is 4.39 Å². The first-order valence-electron chi connectivity index (χ1n) is 14.4. The number of aromatic hydroxyl groups is 1. The predicted octanol–water partition coefficient (Wildman–Crippen LogP) is 2.44. The average molecular weight is 687 g/mol. The Balaban J connectivity index is 1.16. The van der Waals surface area contributed by atoms with Crippen LogP contribution in [-0.2, 0) is 19.0 Å². The van der Waals surface area contributed by atoms with Crippen LogP contribution >= 0.6 is 23.2 Å². The first-order valence-corrected chi connectivity index (χ1v) is 15.1. The van der Waals surface area contributed by atoms with Crippen LogP contribution in [0.15, 0.2) is 47.6 Å². The highest BCUT2D eigenvalue weighted by Gasteiger charge is 2.53. The molecular weight excluding hydrogens is 652 g/mol. The molecule has 12 nitrogen and oxygen atoms in total. The van der Waals surface area contributed by atoms with Crippen molar-refractivity contribution < 1.29 is 58.4 Å². The van der Waals surface area contributed by atoms with Crippen LogP contribution in [0.25, 0.3) is 6.08 Å². The van der Waals surface area contributed by atoms with Crippen molar-refractivity contribution in [1.29, 1.82) is 0 Å². The first-order chi connectivity index (χ1) is 21.8. The molecule has 1 saturated carbocycles. The summed E-state index contributed by atoms with van der Waals surface area (Å²) in [4.78, 5) is 12.9. The standard InChI is InChI=1S/C31H34Cl2FNO11/c1-13(7-8-42-20-6-4-16(34)22(32)23(20)33)28-18(37)11-21(46-28)45-19-5-3-15(10-17(19)36)9-14(2)31(41)35-24-25(38)27(40)30-29(26(24)39)43-12-44-30/h3-7,9-10,18,21,24-30,36-40H,8,11-12H2,1-2H3,(H,35,41)/b13-7+,14-9+/t18-,21+,24+,25-,26+,27+,28+,29-,30+/m0/s1. The molecule has 1 amide bonds. The minimum Gasteiger partial charge on any atom is -0.504 e. The number of amides is 1. The van der Waals surface area contributed by atoms with Gasteiger partial charge in [0.25, 0.3) is 0 Å². The summed E-state index contributed by atoms with van der Waals surface area (Å²) in [5.41, 5.74) is 1.28. The largest absolute Gasteiger partial charge is 0.504 e. The molecule has 15 heteroatoms. The maximum absolute atomic E-state index is 13.5. The van der Waals surface area contributed by atoms with E-state index in [2.05, 4.69) is 5.32 Å². The lowest BCUT2D eigenvalue weighted by molar-refractivity contribution is -0.155. The second-order valence-electron chi connectivity index (χ2n) is 11.2. The summed E-state index contributed by atoms with van der Waals surface area (Å²) in [5.74, 6) is -1.25. The Kier molecular flexibility index (Phi) is 10.8. The van der Waals surface area contributed by atoms with E-state index in [0.717, 1.165) is 6.07 Å². The first kappa shape index (κ1) is 34.4. The van der Waals surface area contributed by atoms with Crippen LogP contribution < -0.4 is 14.8 Å². The molecule has 5 rings (SSSR count). The van der Waals surface area contributed by atoms with E-state index in [1.54, 1.807) is 19.1 Å². The number of carbonyl (C=O) groups is 1. The molecule has 250 valence electrons. The molecule has 2 aromatic carbocycles. The van der Waals surface area contributed by atoms with Crippen LogP contribution in [0.1, 0.15) is 25.8 Å². The second-order valence-corrected chi connectivity index (χ2v) is 12.0. The van der Waals surface area contributed by atoms with Gasteiger partial charge in [-0.3, -0.25) is 4.79 Å². The predicted molar refractivity (Wildman–Crippen MR) is 162 cm³/mol. The molecule has 2 aromatic rings. The van der Waals surface area contributed by atoms with Gasteiger partial charge in [0.1, 0.15) is 66.6 Å². The lowest BCUT2D eigenvalue weighted by Crippen LogP contribution is -2.67. The second kappa shape index (κ2) is 14.4. The summed E-state index contributed by atoms with van der Waals surface area (Å²) in [5, 5.41) is 54.8. The maximum atomic E-state index is 13.5. The number of hydrogen-bond acceptors (Lipinski definition) is 11. The molecular formula is C31H34Cl2FNO11. The molecule has 2 heterocycles. The molecule has 0 bridgehead atoms. The molecule has 1 aliphatic carbocycles. The van der Waals surface area contributed by atoms with Crippen molar-refractivity contribution in [3.8, 4) is 17.2 Å². The Labute approximate surface area is 273 Å². The zero-order valence-corrected chi connectivity index (χ0v) is 26.2. The van der Waals surface area contributed by atoms with E-state index in [0.29, 0.717) is 11.1 Å². The Morgan fingerprint density at radius 2 is 1.72 bits per heavy atom. The number of carbonyl (C=O) groups excluding carboxylic acids is 1. The fourth-order valence-electron chi connectivity index (χ4n) is 5.52. The number of ether oxygens (including phenoxy) is 5. The molecule has 3 fully saturated rings. The van der Waals surface area contributed by atoms with Gasteiger partial charge in [-0.15, -0.1) is 0 Å². The van der Waals surface area contributed by atoms with Crippen molar-refractivity contribution in [2.24, 2.45) is 0 Å². The van der Waals surface area contributed by atoms with Crippen LogP contribution in [0.2, 0.25) is 10.0 Å². The van der Waals surface area contributed by atoms with Crippen molar-refractivity contribution in [3.63, 3.8) is 0 Å². The molecule has 46 heavy (non-hydrogen) atoms. The third kappa shape index (κ3) is 7.28. The van der Waals surface area contributed by atoms with Crippen molar-refractivity contribution in [3.05, 3.63) is 69.0 Å². The third-order valence-corrected chi connectivity index (χ3v) is 8.90. The van der Waals surface area contributed by atoms with Gasteiger partial charge >= 0.3 is 0 Å². The molecule has 2 aliphatic heterocycles. The molecule has 6 N–H and O–H groups in total. The van der Waals surface area contributed by atoms with Crippen molar-refractivity contribution in [1.82, 2.24) is 5.32 Å². The van der Waals surface area contributed by atoms with Crippen molar-refractivity contribution >= 4 is 35.2 Å². The van der Waals surface area contributed by atoms with Crippen molar-refractivity contribution in [2.75, 3.05) is 13.4 Å². The quantitative estimate of drug-likeness (QED) is 0.130. The van der Waals surface area contributed by atoms with Gasteiger partial charge in [-0.1, -0.05) is 29.3 Å². The fraction of sp³-hybridized carbons (Fsp3) is 0.452. The van der Waals surface area contributed by atoms with E-state index in [-0.39, 0.29) is 52.7 Å². The Hall–Kier alpha value is -2.98. The minimum absolute atomic E-state index is 0.0486. The number of nitrogens with one attached hydrogen (secondary N) is 1. The van der Waals surface area contributed by atoms with Crippen LogP contribution in [0.3, 0.4) is 0 Å². The maximum Gasteiger partial charge on any atom is 0.247 e. The van der Waals surface area contributed by atoms with Crippen LogP contribution in [0.4, 0.5) is 4.39 Å². The van der Waals surface area contributed by atoms with E-state index < -0.39 is 66.8 Å². The normalized spacial score (nSPS) is 31.5. The molecule has 0 aromatic heterocycles.